The smallest absolute Gasteiger partial charge is 0.290 e. The van der Waals surface area contributed by atoms with Gasteiger partial charge in [0.05, 0.1) is 5.69 Å². The van der Waals surface area contributed by atoms with Gasteiger partial charge < -0.3 is 10.6 Å². The van der Waals surface area contributed by atoms with E-state index >= 15 is 0 Å². The molecular weight excluding hydrogens is 286 g/mol. The summed E-state index contributed by atoms with van der Waals surface area (Å²) in [4.78, 5) is 10.7. The summed E-state index contributed by atoms with van der Waals surface area (Å²) in [5, 5.41) is 0. The van der Waals surface area contributed by atoms with Crippen LogP contribution in [0.15, 0.2) is 24.3 Å². The molecule has 0 amide bonds. The van der Waals surface area contributed by atoms with Crippen LogP contribution in [0, 0.1) is 0 Å². The standard InChI is InChI=1S/C16H16F2N4/c17-16(18)6-5-12-13(10-3-1-4-11(19)9-10)20-15(21-14(12)16)22-7-2-8-22/h1,3-4,9H,2,5-8,19H2. The highest BCUT2D eigenvalue weighted by Crippen LogP contribution is 2.44. The molecule has 22 heavy (non-hydrogen) atoms. The molecule has 2 N–H and O–H groups in total. The summed E-state index contributed by atoms with van der Waals surface area (Å²) in [5.41, 5.74) is 8.24. The summed E-state index contributed by atoms with van der Waals surface area (Å²) in [5.74, 6) is -2.46. The van der Waals surface area contributed by atoms with Gasteiger partial charge in [-0.3, -0.25) is 0 Å². The molecule has 0 radical (unpaired) electrons. The molecule has 0 spiro atoms. The van der Waals surface area contributed by atoms with E-state index < -0.39 is 5.92 Å². The number of alkyl halides is 2. The minimum absolute atomic E-state index is 0.109. The van der Waals surface area contributed by atoms with Gasteiger partial charge >= 0.3 is 0 Å². The molecule has 1 saturated heterocycles. The monoisotopic (exact) mass is 302 g/mol. The normalized spacial score (nSPS) is 18.9. The Morgan fingerprint density at radius 3 is 2.68 bits per heavy atom. The number of nitrogens with two attached hydrogens (primary N) is 1. The first-order valence-electron chi connectivity index (χ1n) is 7.45. The van der Waals surface area contributed by atoms with Gasteiger partial charge in [-0.15, -0.1) is 0 Å². The van der Waals surface area contributed by atoms with Gasteiger partial charge in [0.15, 0.2) is 0 Å². The van der Waals surface area contributed by atoms with E-state index in [2.05, 4.69) is 9.97 Å². The lowest BCUT2D eigenvalue weighted by atomic mass is 10.0. The van der Waals surface area contributed by atoms with Crippen molar-refractivity contribution >= 4 is 11.6 Å². The number of benzene rings is 1. The van der Waals surface area contributed by atoms with Crippen molar-refractivity contribution < 1.29 is 8.78 Å². The Morgan fingerprint density at radius 1 is 1.18 bits per heavy atom. The zero-order chi connectivity index (χ0) is 15.3. The number of aromatic nitrogens is 2. The lowest BCUT2D eigenvalue weighted by Crippen LogP contribution is -2.38. The molecule has 2 heterocycles. The van der Waals surface area contributed by atoms with Gasteiger partial charge in [0.2, 0.25) is 5.95 Å². The zero-order valence-electron chi connectivity index (χ0n) is 12.0. The van der Waals surface area contributed by atoms with Gasteiger partial charge in [-0.25, -0.2) is 9.97 Å². The van der Waals surface area contributed by atoms with Crippen molar-refractivity contribution in [2.24, 2.45) is 0 Å². The number of rotatable bonds is 2. The Bertz CT molecular complexity index is 741. The quantitative estimate of drug-likeness (QED) is 0.867. The van der Waals surface area contributed by atoms with Crippen LogP contribution in [0.4, 0.5) is 20.4 Å². The molecule has 1 aromatic carbocycles. The van der Waals surface area contributed by atoms with Gasteiger partial charge in [-0.05, 0) is 25.0 Å². The molecule has 2 aliphatic rings. The van der Waals surface area contributed by atoms with Gasteiger partial charge in [0.1, 0.15) is 5.69 Å². The highest BCUT2D eigenvalue weighted by atomic mass is 19.3. The molecule has 1 fully saturated rings. The largest absolute Gasteiger partial charge is 0.399 e. The van der Waals surface area contributed by atoms with Crippen LogP contribution in [0.25, 0.3) is 11.3 Å². The second-order valence-electron chi connectivity index (χ2n) is 5.87. The van der Waals surface area contributed by atoms with E-state index in [1.54, 1.807) is 12.1 Å². The highest BCUT2D eigenvalue weighted by molar-refractivity contribution is 5.70. The Morgan fingerprint density at radius 2 is 2.00 bits per heavy atom. The number of hydrogen-bond donors (Lipinski definition) is 1. The molecule has 4 rings (SSSR count). The Labute approximate surface area is 127 Å². The maximum Gasteiger partial charge on any atom is 0.290 e. The topological polar surface area (TPSA) is 55.0 Å². The van der Waals surface area contributed by atoms with Gasteiger partial charge in [-0.1, -0.05) is 12.1 Å². The molecular formula is C16H16F2N4. The van der Waals surface area contributed by atoms with Crippen molar-refractivity contribution in [2.75, 3.05) is 23.7 Å². The Balaban J connectivity index is 1.91. The molecule has 1 aliphatic heterocycles. The number of anilines is 2. The summed E-state index contributed by atoms with van der Waals surface area (Å²) in [6.07, 6.45) is 1.15. The lowest BCUT2D eigenvalue weighted by molar-refractivity contribution is -0.00593. The molecule has 0 bridgehead atoms. The first kappa shape index (κ1) is 13.4. The molecule has 1 aromatic heterocycles. The summed E-state index contributed by atoms with van der Waals surface area (Å²) in [6.45, 7) is 1.64. The summed E-state index contributed by atoms with van der Waals surface area (Å²) in [6, 6.07) is 7.22. The van der Waals surface area contributed by atoms with Crippen molar-refractivity contribution in [3.05, 3.63) is 35.5 Å². The first-order valence-corrected chi connectivity index (χ1v) is 7.45. The average Bonchev–Trinajstić information content (AvgIpc) is 2.72. The third kappa shape index (κ3) is 2.01. The highest BCUT2D eigenvalue weighted by Gasteiger charge is 2.43. The molecule has 0 atom stereocenters. The minimum Gasteiger partial charge on any atom is -0.399 e. The maximum absolute atomic E-state index is 14.1. The van der Waals surface area contributed by atoms with Crippen LogP contribution >= 0.6 is 0 Å². The van der Waals surface area contributed by atoms with E-state index in [-0.39, 0.29) is 12.1 Å². The van der Waals surface area contributed by atoms with Crippen molar-refractivity contribution in [3.8, 4) is 11.3 Å². The van der Waals surface area contributed by atoms with Gasteiger partial charge in [0.25, 0.3) is 5.92 Å². The fourth-order valence-corrected chi connectivity index (χ4v) is 2.99. The van der Waals surface area contributed by atoms with Crippen molar-refractivity contribution in [1.29, 1.82) is 0 Å². The Kier molecular flexibility index (Phi) is 2.82. The predicted molar refractivity (Wildman–Crippen MR) is 80.9 cm³/mol. The van der Waals surface area contributed by atoms with Crippen LogP contribution in [0.1, 0.15) is 24.1 Å². The van der Waals surface area contributed by atoms with Crippen LogP contribution in [0.3, 0.4) is 0 Å². The molecule has 4 nitrogen and oxygen atoms in total. The van der Waals surface area contributed by atoms with E-state index in [1.807, 2.05) is 17.0 Å². The van der Waals surface area contributed by atoms with Crippen molar-refractivity contribution in [2.45, 2.75) is 25.2 Å². The van der Waals surface area contributed by atoms with Crippen LogP contribution in [-0.4, -0.2) is 23.1 Å². The summed E-state index contributed by atoms with van der Waals surface area (Å²) >= 11 is 0. The minimum atomic E-state index is -2.87. The number of hydrogen-bond acceptors (Lipinski definition) is 4. The number of fused-ring (bicyclic) bond motifs is 1. The van der Waals surface area contributed by atoms with Crippen molar-refractivity contribution in [1.82, 2.24) is 9.97 Å². The maximum atomic E-state index is 14.1. The zero-order valence-corrected chi connectivity index (χ0v) is 12.0. The fourth-order valence-electron chi connectivity index (χ4n) is 2.99. The molecule has 0 unspecified atom stereocenters. The second kappa shape index (κ2) is 4.63. The van der Waals surface area contributed by atoms with Crippen LogP contribution in [0.2, 0.25) is 0 Å². The van der Waals surface area contributed by atoms with E-state index in [1.165, 1.54) is 0 Å². The molecule has 2 aromatic rings. The fraction of sp³-hybridized carbons (Fsp3) is 0.375. The van der Waals surface area contributed by atoms with Crippen LogP contribution < -0.4 is 10.6 Å². The van der Waals surface area contributed by atoms with Crippen LogP contribution in [0.5, 0.6) is 0 Å². The van der Waals surface area contributed by atoms with E-state index in [0.717, 1.165) is 25.1 Å². The molecule has 1 aliphatic carbocycles. The third-order valence-corrected chi connectivity index (χ3v) is 4.33. The first-order chi connectivity index (χ1) is 10.5. The Hall–Kier alpha value is -2.24. The molecule has 114 valence electrons. The number of nitrogens with zero attached hydrogens (tertiary/aromatic N) is 3. The second-order valence-corrected chi connectivity index (χ2v) is 5.87. The molecule has 6 heteroatoms. The van der Waals surface area contributed by atoms with Gasteiger partial charge in [-0.2, -0.15) is 8.78 Å². The third-order valence-electron chi connectivity index (χ3n) is 4.33. The van der Waals surface area contributed by atoms with E-state index in [9.17, 15) is 8.78 Å². The summed E-state index contributed by atoms with van der Waals surface area (Å²) in [7, 11) is 0. The molecule has 0 saturated carbocycles. The lowest BCUT2D eigenvalue weighted by Gasteiger charge is -2.31. The predicted octanol–water partition coefficient (Wildman–Crippen LogP) is 2.97. The number of nitrogen functional groups attached to an aromatic ring is 1. The van der Waals surface area contributed by atoms with Crippen LogP contribution in [-0.2, 0) is 12.3 Å². The van der Waals surface area contributed by atoms with Crippen molar-refractivity contribution in [3.63, 3.8) is 0 Å². The SMILES string of the molecule is Nc1cccc(-c2nc(N3CCC3)nc3c2CCC3(F)F)c1. The summed E-state index contributed by atoms with van der Waals surface area (Å²) < 4.78 is 28.3. The van der Waals surface area contributed by atoms with E-state index in [4.69, 9.17) is 5.73 Å². The average molecular weight is 302 g/mol. The number of halogens is 2. The van der Waals surface area contributed by atoms with E-state index in [0.29, 0.717) is 29.3 Å². The van der Waals surface area contributed by atoms with Gasteiger partial charge in [0, 0.05) is 36.3 Å².